The Morgan fingerprint density at radius 3 is 2.71 bits per heavy atom. The quantitative estimate of drug-likeness (QED) is 0.739. The average molecular weight is 285 g/mol. The van der Waals surface area contributed by atoms with Crippen LogP contribution in [0.1, 0.15) is 0 Å². The molecule has 7 heteroatoms. The van der Waals surface area contributed by atoms with Crippen molar-refractivity contribution in [3.63, 3.8) is 0 Å². The van der Waals surface area contributed by atoms with Gasteiger partial charge < -0.3 is 14.9 Å². The van der Waals surface area contributed by atoms with Gasteiger partial charge in [-0.15, -0.1) is 0 Å². The number of rotatable bonds is 5. The van der Waals surface area contributed by atoms with Crippen LogP contribution < -0.4 is 5.32 Å². The Morgan fingerprint density at radius 2 is 2.05 bits per heavy atom. The van der Waals surface area contributed by atoms with E-state index in [1.54, 1.807) is 10.9 Å². The van der Waals surface area contributed by atoms with Crippen LogP contribution in [0.4, 0.5) is 5.69 Å². The molecule has 3 rings (SSSR count). The summed E-state index contributed by atoms with van der Waals surface area (Å²) in [7, 11) is 1.84. The molecule has 0 saturated carbocycles. The summed E-state index contributed by atoms with van der Waals surface area (Å²) in [5.41, 5.74) is 2.58. The molecule has 2 heterocycles. The van der Waals surface area contributed by atoms with E-state index in [2.05, 4.69) is 20.6 Å². The smallest absolute Gasteiger partial charge is 0.258 e. The molecule has 0 unspecified atom stereocenters. The molecule has 7 nitrogen and oxygen atoms in total. The fraction of sp³-hybridized carbons (Fsp3) is 0.214. The topological polar surface area (TPSA) is 89.0 Å². The lowest BCUT2D eigenvalue weighted by molar-refractivity contribution is 0.311. The van der Waals surface area contributed by atoms with Gasteiger partial charge in [0.1, 0.15) is 0 Å². The van der Waals surface area contributed by atoms with Crippen LogP contribution in [-0.4, -0.2) is 38.2 Å². The molecule has 0 bridgehead atoms. The Morgan fingerprint density at radius 1 is 1.24 bits per heavy atom. The zero-order valence-electron chi connectivity index (χ0n) is 11.5. The minimum atomic E-state index is 0.0971. The Kier molecular flexibility index (Phi) is 3.65. The highest BCUT2D eigenvalue weighted by molar-refractivity contribution is 5.61. The first-order valence-corrected chi connectivity index (χ1v) is 6.54. The molecular formula is C14H15N5O2. The van der Waals surface area contributed by atoms with Gasteiger partial charge in [-0.25, -0.2) is 0 Å². The molecule has 108 valence electrons. The summed E-state index contributed by atoms with van der Waals surface area (Å²) in [5, 5.41) is 19.9. The van der Waals surface area contributed by atoms with E-state index in [1.165, 1.54) is 0 Å². The molecule has 0 amide bonds. The van der Waals surface area contributed by atoms with E-state index in [4.69, 9.17) is 9.63 Å². The second-order valence-corrected chi connectivity index (χ2v) is 4.55. The number of aliphatic hydroxyl groups is 1. The molecule has 0 atom stereocenters. The standard InChI is InChI=1S/C14H15N5O2/c1-19-9-11(8-16-19)13-17-14(21-18-13)10-2-4-12(5-3-10)15-6-7-20/h2-5,8-9,15,20H,6-7H2,1H3. The van der Waals surface area contributed by atoms with Crippen LogP contribution in [-0.2, 0) is 7.05 Å². The van der Waals surface area contributed by atoms with E-state index >= 15 is 0 Å². The lowest BCUT2D eigenvalue weighted by Crippen LogP contribution is -2.04. The van der Waals surface area contributed by atoms with Gasteiger partial charge in [-0.2, -0.15) is 10.1 Å². The fourth-order valence-corrected chi connectivity index (χ4v) is 1.93. The maximum absolute atomic E-state index is 8.77. The van der Waals surface area contributed by atoms with Crippen molar-refractivity contribution in [3.05, 3.63) is 36.7 Å². The van der Waals surface area contributed by atoms with Gasteiger partial charge in [0.15, 0.2) is 0 Å². The van der Waals surface area contributed by atoms with Crippen LogP contribution in [0.15, 0.2) is 41.2 Å². The van der Waals surface area contributed by atoms with E-state index in [-0.39, 0.29) is 6.61 Å². The normalized spacial score (nSPS) is 10.8. The molecule has 2 aromatic heterocycles. The number of anilines is 1. The lowest BCUT2D eigenvalue weighted by atomic mass is 10.2. The number of nitrogens with zero attached hydrogens (tertiary/aromatic N) is 4. The highest BCUT2D eigenvalue weighted by Gasteiger charge is 2.11. The zero-order valence-corrected chi connectivity index (χ0v) is 11.5. The van der Waals surface area contributed by atoms with E-state index in [1.807, 2.05) is 37.5 Å². The van der Waals surface area contributed by atoms with Gasteiger partial charge in [-0.05, 0) is 24.3 Å². The maximum atomic E-state index is 8.77. The molecule has 0 aliphatic heterocycles. The average Bonchev–Trinajstić information content (AvgIpc) is 3.14. The first-order valence-electron chi connectivity index (χ1n) is 6.54. The predicted octanol–water partition coefficient (Wildman–Crippen LogP) is 1.54. The van der Waals surface area contributed by atoms with E-state index < -0.39 is 0 Å². The molecule has 21 heavy (non-hydrogen) atoms. The van der Waals surface area contributed by atoms with Gasteiger partial charge in [0.2, 0.25) is 5.82 Å². The molecule has 0 saturated heterocycles. The molecule has 2 N–H and O–H groups in total. The number of hydrogen-bond acceptors (Lipinski definition) is 6. The Bertz CT molecular complexity index is 717. The van der Waals surface area contributed by atoms with Crippen LogP contribution in [0.3, 0.4) is 0 Å². The summed E-state index contributed by atoms with van der Waals surface area (Å²) in [6.45, 7) is 0.616. The van der Waals surface area contributed by atoms with E-state index in [9.17, 15) is 0 Å². The molecule has 0 aliphatic carbocycles. The first-order chi connectivity index (χ1) is 10.3. The largest absolute Gasteiger partial charge is 0.395 e. The van der Waals surface area contributed by atoms with Gasteiger partial charge in [0.05, 0.1) is 18.4 Å². The molecular weight excluding hydrogens is 270 g/mol. The van der Waals surface area contributed by atoms with Crippen molar-refractivity contribution in [3.8, 4) is 22.8 Å². The number of aliphatic hydroxyl groups excluding tert-OH is 1. The van der Waals surface area contributed by atoms with Crippen molar-refractivity contribution in [1.29, 1.82) is 0 Å². The SMILES string of the molecule is Cn1cc(-c2noc(-c3ccc(NCCO)cc3)n2)cn1. The number of aromatic nitrogens is 4. The van der Waals surface area contributed by atoms with Crippen LogP contribution in [0, 0.1) is 0 Å². The van der Waals surface area contributed by atoms with E-state index in [0.29, 0.717) is 18.3 Å². The Labute approximate surface area is 121 Å². The van der Waals surface area contributed by atoms with E-state index in [0.717, 1.165) is 16.8 Å². The van der Waals surface area contributed by atoms with Crippen molar-refractivity contribution >= 4 is 5.69 Å². The van der Waals surface area contributed by atoms with Gasteiger partial charge in [0.25, 0.3) is 5.89 Å². The molecule has 0 fully saturated rings. The van der Waals surface area contributed by atoms with Gasteiger partial charge in [-0.3, -0.25) is 4.68 Å². The van der Waals surface area contributed by atoms with Gasteiger partial charge in [-0.1, -0.05) is 5.16 Å². The summed E-state index contributed by atoms with van der Waals surface area (Å²) in [4.78, 5) is 4.36. The van der Waals surface area contributed by atoms with Crippen molar-refractivity contribution in [2.24, 2.45) is 7.05 Å². The summed E-state index contributed by atoms with van der Waals surface area (Å²) in [6, 6.07) is 7.58. The van der Waals surface area contributed by atoms with Crippen molar-refractivity contribution < 1.29 is 9.63 Å². The third-order valence-electron chi connectivity index (χ3n) is 2.96. The van der Waals surface area contributed by atoms with Crippen molar-refractivity contribution in [1.82, 2.24) is 19.9 Å². The second-order valence-electron chi connectivity index (χ2n) is 4.55. The van der Waals surface area contributed by atoms with Crippen LogP contribution >= 0.6 is 0 Å². The number of aryl methyl sites for hydroxylation is 1. The van der Waals surface area contributed by atoms with Gasteiger partial charge >= 0.3 is 0 Å². The number of benzene rings is 1. The van der Waals surface area contributed by atoms with Crippen LogP contribution in [0.25, 0.3) is 22.8 Å². The third-order valence-corrected chi connectivity index (χ3v) is 2.96. The molecule has 0 aliphatic rings. The van der Waals surface area contributed by atoms with Crippen molar-refractivity contribution in [2.45, 2.75) is 0 Å². The first kappa shape index (κ1) is 13.3. The molecule has 1 aromatic carbocycles. The molecule has 3 aromatic rings. The highest BCUT2D eigenvalue weighted by atomic mass is 16.5. The minimum Gasteiger partial charge on any atom is -0.395 e. The van der Waals surface area contributed by atoms with Crippen molar-refractivity contribution in [2.75, 3.05) is 18.5 Å². The lowest BCUT2D eigenvalue weighted by Gasteiger charge is -2.03. The van der Waals surface area contributed by atoms with Crippen LogP contribution in [0.5, 0.6) is 0 Å². The number of nitrogens with one attached hydrogen (secondary N) is 1. The summed E-state index contributed by atoms with van der Waals surface area (Å²) in [5.74, 6) is 0.975. The zero-order chi connectivity index (χ0) is 14.7. The second kappa shape index (κ2) is 5.76. The fourth-order valence-electron chi connectivity index (χ4n) is 1.93. The number of hydrogen-bond donors (Lipinski definition) is 2. The monoisotopic (exact) mass is 285 g/mol. The van der Waals surface area contributed by atoms with Gasteiger partial charge in [0, 0.05) is 31.0 Å². The third kappa shape index (κ3) is 2.92. The predicted molar refractivity (Wildman–Crippen MR) is 77.5 cm³/mol. The Hall–Kier alpha value is -2.67. The Balaban J connectivity index is 1.79. The molecule has 0 radical (unpaired) electrons. The highest BCUT2D eigenvalue weighted by Crippen LogP contribution is 2.23. The maximum Gasteiger partial charge on any atom is 0.258 e. The molecule has 0 spiro atoms. The summed E-state index contributed by atoms with van der Waals surface area (Å²) in [6.07, 6.45) is 3.52. The van der Waals surface area contributed by atoms with Crippen LogP contribution in [0.2, 0.25) is 0 Å². The summed E-state index contributed by atoms with van der Waals surface area (Å²) >= 11 is 0. The minimum absolute atomic E-state index is 0.0971. The summed E-state index contributed by atoms with van der Waals surface area (Å²) < 4.78 is 6.96.